The maximum Gasteiger partial charge on any atom is 0.136 e. The molecule has 2 rings (SSSR count). The fraction of sp³-hybridized carbons (Fsp3) is 0.864. The van der Waals surface area contributed by atoms with Crippen molar-refractivity contribution in [3.05, 3.63) is 0 Å². The molecule has 0 saturated heterocycles. The first kappa shape index (κ1) is 20.3. The van der Waals surface area contributed by atoms with Crippen molar-refractivity contribution in [1.82, 2.24) is 0 Å². The van der Waals surface area contributed by atoms with E-state index in [-0.39, 0.29) is 11.8 Å². The summed E-state index contributed by atoms with van der Waals surface area (Å²) < 4.78 is 0. The van der Waals surface area contributed by atoms with Crippen LogP contribution in [0.4, 0.5) is 0 Å². The van der Waals surface area contributed by atoms with Gasteiger partial charge in [0.25, 0.3) is 0 Å². The molecule has 0 aromatic carbocycles. The van der Waals surface area contributed by atoms with Gasteiger partial charge in [0.15, 0.2) is 0 Å². The van der Waals surface area contributed by atoms with Gasteiger partial charge < -0.3 is 0 Å². The molecule has 0 aromatic rings. The molecule has 25 heavy (non-hydrogen) atoms. The van der Waals surface area contributed by atoms with Crippen molar-refractivity contribution >= 4 is 17.3 Å². The van der Waals surface area contributed by atoms with Gasteiger partial charge in [0.2, 0.25) is 0 Å². The minimum absolute atomic E-state index is 0.258. The Morgan fingerprint density at radius 2 is 1.20 bits per heavy atom. The highest BCUT2D eigenvalue weighted by Gasteiger charge is 2.30. The summed E-state index contributed by atoms with van der Waals surface area (Å²) in [7, 11) is 0. The second-order valence-electron chi connectivity index (χ2n) is 8.36. The van der Waals surface area contributed by atoms with E-state index >= 15 is 0 Å². The molecule has 0 N–H and O–H groups in total. The molecule has 2 aliphatic carbocycles. The predicted octanol–water partition coefficient (Wildman–Crippen LogP) is 5.30. The monoisotopic (exact) mass is 348 g/mol. The standard InChI is InChI=1S/C22H36O3/c1-3-20(23)14-9-16-5-10-19(11-6-16)22(25)15-17-7-12-18(13-8-17)21(24)4-2/h16-19H,3-15H2,1-2H3/t16-,17-,18-,19-. The number of hydrogen-bond acceptors (Lipinski definition) is 3. The van der Waals surface area contributed by atoms with E-state index in [1.807, 2.05) is 13.8 Å². The van der Waals surface area contributed by atoms with Crippen molar-refractivity contribution in [1.29, 1.82) is 0 Å². The average molecular weight is 349 g/mol. The van der Waals surface area contributed by atoms with Gasteiger partial charge in [-0.15, -0.1) is 0 Å². The number of rotatable bonds is 9. The van der Waals surface area contributed by atoms with Gasteiger partial charge in [0, 0.05) is 37.5 Å². The number of carbonyl (C=O) groups excluding carboxylic acids is 3. The van der Waals surface area contributed by atoms with Gasteiger partial charge in [0.1, 0.15) is 17.3 Å². The van der Waals surface area contributed by atoms with Crippen LogP contribution in [-0.2, 0) is 14.4 Å². The van der Waals surface area contributed by atoms with Gasteiger partial charge in [-0.1, -0.05) is 13.8 Å². The lowest BCUT2D eigenvalue weighted by atomic mass is 9.73. The summed E-state index contributed by atoms with van der Waals surface area (Å²) >= 11 is 0. The third-order valence-electron chi connectivity index (χ3n) is 6.67. The first-order valence-corrected chi connectivity index (χ1v) is 10.6. The van der Waals surface area contributed by atoms with E-state index in [0.29, 0.717) is 42.0 Å². The zero-order valence-electron chi connectivity index (χ0n) is 16.2. The zero-order valence-corrected chi connectivity index (χ0v) is 16.2. The van der Waals surface area contributed by atoms with Crippen LogP contribution in [0.5, 0.6) is 0 Å². The Bertz CT molecular complexity index is 452. The highest BCUT2D eigenvalue weighted by atomic mass is 16.1. The van der Waals surface area contributed by atoms with Crippen molar-refractivity contribution in [2.45, 2.75) is 97.3 Å². The van der Waals surface area contributed by atoms with Crippen molar-refractivity contribution < 1.29 is 14.4 Å². The molecule has 0 aromatic heterocycles. The van der Waals surface area contributed by atoms with Gasteiger partial charge >= 0.3 is 0 Å². The van der Waals surface area contributed by atoms with Crippen LogP contribution < -0.4 is 0 Å². The highest BCUT2D eigenvalue weighted by Crippen LogP contribution is 2.36. The predicted molar refractivity (Wildman–Crippen MR) is 100 cm³/mol. The molecule has 2 saturated carbocycles. The van der Waals surface area contributed by atoms with Gasteiger partial charge in [-0.2, -0.15) is 0 Å². The summed E-state index contributed by atoms with van der Waals surface area (Å²) in [6.45, 7) is 3.88. The summed E-state index contributed by atoms with van der Waals surface area (Å²) in [5.41, 5.74) is 0. The lowest BCUT2D eigenvalue weighted by Crippen LogP contribution is -2.27. The Balaban J connectivity index is 1.66. The summed E-state index contributed by atoms with van der Waals surface area (Å²) in [6.07, 6.45) is 12.1. The SMILES string of the molecule is CCC(=O)CC[C@H]1CC[C@H](C(=O)C[C@H]2CC[C@H](C(=O)CC)CC2)CC1. The second kappa shape index (κ2) is 10.2. The van der Waals surface area contributed by atoms with Crippen LogP contribution in [-0.4, -0.2) is 17.3 Å². The Labute approximate surface area is 153 Å². The van der Waals surface area contributed by atoms with E-state index < -0.39 is 0 Å². The molecular weight excluding hydrogens is 312 g/mol. The summed E-state index contributed by atoms with van der Waals surface area (Å²) in [6, 6.07) is 0. The number of Topliss-reactive ketones (excluding diaryl/α,β-unsaturated/α-hetero) is 3. The third kappa shape index (κ3) is 6.34. The summed E-state index contributed by atoms with van der Waals surface area (Å²) in [5, 5.41) is 0. The number of carbonyl (C=O) groups is 3. The average Bonchev–Trinajstić information content (AvgIpc) is 2.66. The van der Waals surface area contributed by atoms with E-state index in [2.05, 4.69) is 0 Å². The maximum atomic E-state index is 12.6. The first-order chi connectivity index (χ1) is 12.0. The molecule has 2 aliphatic rings. The first-order valence-electron chi connectivity index (χ1n) is 10.6. The summed E-state index contributed by atoms with van der Waals surface area (Å²) in [4.78, 5) is 35.9. The molecule has 0 bridgehead atoms. The Hall–Kier alpha value is -0.990. The van der Waals surface area contributed by atoms with E-state index in [4.69, 9.17) is 0 Å². The number of hydrogen-bond donors (Lipinski definition) is 0. The highest BCUT2D eigenvalue weighted by molar-refractivity contribution is 5.82. The van der Waals surface area contributed by atoms with E-state index in [0.717, 1.165) is 70.6 Å². The van der Waals surface area contributed by atoms with E-state index in [9.17, 15) is 14.4 Å². The Kier molecular flexibility index (Phi) is 8.32. The van der Waals surface area contributed by atoms with Crippen LogP contribution in [0, 0.1) is 23.7 Å². The molecular formula is C22H36O3. The topological polar surface area (TPSA) is 51.2 Å². The van der Waals surface area contributed by atoms with Gasteiger partial charge in [-0.05, 0) is 69.6 Å². The quantitative estimate of drug-likeness (QED) is 0.568. The molecule has 0 spiro atoms. The van der Waals surface area contributed by atoms with Crippen molar-refractivity contribution in [3.8, 4) is 0 Å². The molecule has 2 fully saturated rings. The molecule has 3 heteroatoms. The lowest BCUT2D eigenvalue weighted by Gasteiger charge is -2.31. The molecule has 0 unspecified atom stereocenters. The summed E-state index contributed by atoms with van der Waals surface area (Å²) in [5.74, 6) is 2.92. The molecule has 0 amide bonds. The molecule has 142 valence electrons. The zero-order chi connectivity index (χ0) is 18.2. The minimum atomic E-state index is 0.258. The van der Waals surface area contributed by atoms with E-state index in [1.165, 1.54) is 0 Å². The normalized spacial score (nSPS) is 30.0. The van der Waals surface area contributed by atoms with Crippen LogP contribution >= 0.6 is 0 Å². The number of ketones is 3. The van der Waals surface area contributed by atoms with Crippen LogP contribution in [0.3, 0.4) is 0 Å². The Morgan fingerprint density at radius 3 is 1.72 bits per heavy atom. The molecule has 0 radical (unpaired) electrons. The molecule has 0 heterocycles. The van der Waals surface area contributed by atoms with Crippen molar-refractivity contribution in [2.24, 2.45) is 23.7 Å². The van der Waals surface area contributed by atoms with Crippen LogP contribution in [0.1, 0.15) is 97.3 Å². The van der Waals surface area contributed by atoms with Gasteiger partial charge in [0.05, 0.1) is 0 Å². The Morgan fingerprint density at radius 1 is 0.680 bits per heavy atom. The molecule has 3 nitrogen and oxygen atoms in total. The minimum Gasteiger partial charge on any atom is -0.300 e. The van der Waals surface area contributed by atoms with Crippen molar-refractivity contribution in [3.63, 3.8) is 0 Å². The molecule has 0 aliphatic heterocycles. The van der Waals surface area contributed by atoms with Gasteiger partial charge in [-0.3, -0.25) is 14.4 Å². The van der Waals surface area contributed by atoms with Crippen LogP contribution in [0.25, 0.3) is 0 Å². The van der Waals surface area contributed by atoms with Gasteiger partial charge in [-0.25, -0.2) is 0 Å². The molecule has 0 atom stereocenters. The maximum absolute atomic E-state index is 12.6. The van der Waals surface area contributed by atoms with Crippen LogP contribution in [0.15, 0.2) is 0 Å². The third-order valence-corrected chi connectivity index (χ3v) is 6.67. The van der Waals surface area contributed by atoms with Crippen LogP contribution in [0.2, 0.25) is 0 Å². The van der Waals surface area contributed by atoms with Crippen molar-refractivity contribution in [2.75, 3.05) is 0 Å². The fourth-order valence-corrected chi connectivity index (χ4v) is 4.74. The largest absolute Gasteiger partial charge is 0.300 e. The fourth-order valence-electron chi connectivity index (χ4n) is 4.74. The second-order valence-corrected chi connectivity index (χ2v) is 8.36. The van der Waals surface area contributed by atoms with E-state index in [1.54, 1.807) is 0 Å². The smallest absolute Gasteiger partial charge is 0.136 e. The lowest BCUT2D eigenvalue weighted by molar-refractivity contribution is -0.126.